The Balaban J connectivity index is 1.93. The number of hydrogen-bond acceptors (Lipinski definition) is 4. The molecule has 140 valence electrons. The standard InChI is InChI=1S/C21H22N2O3S/c1-14-10-17(11-15(2)21(14)24)20-19(16-6-4-3-5-7-16)22-13-23(20)18-8-9-27(25,26)12-18/h3-7,10-11,13,18,24H,8-9,12H2,1-2H3/t18-/m0/s1. The molecule has 1 aromatic heterocycles. The van der Waals surface area contributed by atoms with Crippen LogP contribution in [0.25, 0.3) is 22.5 Å². The molecule has 3 aromatic rings. The summed E-state index contributed by atoms with van der Waals surface area (Å²) < 4.78 is 26.0. The van der Waals surface area contributed by atoms with Crippen molar-refractivity contribution < 1.29 is 13.5 Å². The molecule has 0 spiro atoms. The molecule has 0 amide bonds. The molecule has 5 nitrogen and oxygen atoms in total. The Bertz CT molecular complexity index is 1080. The summed E-state index contributed by atoms with van der Waals surface area (Å²) in [6.45, 7) is 3.74. The van der Waals surface area contributed by atoms with E-state index in [1.807, 2.05) is 60.9 Å². The lowest BCUT2D eigenvalue weighted by Gasteiger charge is -2.17. The van der Waals surface area contributed by atoms with Gasteiger partial charge in [-0.1, -0.05) is 30.3 Å². The third-order valence-electron chi connectivity index (χ3n) is 5.21. The summed E-state index contributed by atoms with van der Waals surface area (Å²) in [4.78, 5) is 4.64. The Morgan fingerprint density at radius 2 is 1.74 bits per heavy atom. The second kappa shape index (κ2) is 6.53. The maximum absolute atomic E-state index is 12.0. The highest BCUT2D eigenvalue weighted by atomic mass is 32.2. The fourth-order valence-corrected chi connectivity index (χ4v) is 5.53. The van der Waals surface area contributed by atoms with Gasteiger partial charge in [-0.25, -0.2) is 13.4 Å². The van der Waals surface area contributed by atoms with Crippen molar-refractivity contribution in [3.63, 3.8) is 0 Å². The van der Waals surface area contributed by atoms with E-state index in [-0.39, 0.29) is 23.3 Å². The fourth-order valence-electron chi connectivity index (χ4n) is 3.82. The Kier molecular flexibility index (Phi) is 4.30. The Morgan fingerprint density at radius 3 is 2.33 bits per heavy atom. The van der Waals surface area contributed by atoms with E-state index in [0.717, 1.165) is 33.6 Å². The molecule has 1 aliphatic heterocycles. The smallest absolute Gasteiger partial charge is 0.152 e. The first-order valence-corrected chi connectivity index (χ1v) is 10.8. The van der Waals surface area contributed by atoms with Crippen molar-refractivity contribution in [2.45, 2.75) is 26.3 Å². The maximum atomic E-state index is 12.0. The van der Waals surface area contributed by atoms with Gasteiger partial charge in [0.1, 0.15) is 5.75 Å². The van der Waals surface area contributed by atoms with Crippen LogP contribution in [0.4, 0.5) is 0 Å². The van der Waals surface area contributed by atoms with Crippen LogP contribution in [0.5, 0.6) is 5.75 Å². The summed E-state index contributed by atoms with van der Waals surface area (Å²) in [5.41, 5.74) is 5.21. The number of rotatable bonds is 3. The number of aromatic nitrogens is 2. The minimum atomic E-state index is -3.01. The molecular weight excluding hydrogens is 360 g/mol. The van der Waals surface area contributed by atoms with E-state index in [1.165, 1.54) is 0 Å². The van der Waals surface area contributed by atoms with Crippen LogP contribution in [-0.4, -0.2) is 34.6 Å². The Hall–Kier alpha value is -2.60. The van der Waals surface area contributed by atoms with E-state index in [1.54, 1.807) is 6.33 Å². The normalized spacial score (nSPS) is 18.7. The quantitative estimate of drug-likeness (QED) is 0.746. The highest BCUT2D eigenvalue weighted by molar-refractivity contribution is 7.91. The second-order valence-corrected chi connectivity index (χ2v) is 9.46. The molecule has 6 heteroatoms. The molecule has 0 unspecified atom stereocenters. The largest absolute Gasteiger partial charge is 0.507 e. The van der Waals surface area contributed by atoms with Gasteiger partial charge in [-0.2, -0.15) is 0 Å². The topological polar surface area (TPSA) is 72.2 Å². The molecule has 1 saturated heterocycles. The monoisotopic (exact) mass is 382 g/mol. The Morgan fingerprint density at radius 1 is 1.07 bits per heavy atom. The van der Waals surface area contributed by atoms with Crippen molar-refractivity contribution in [3.8, 4) is 28.3 Å². The van der Waals surface area contributed by atoms with Crippen LogP contribution >= 0.6 is 0 Å². The van der Waals surface area contributed by atoms with Crippen LogP contribution in [0.2, 0.25) is 0 Å². The van der Waals surface area contributed by atoms with E-state index >= 15 is 0 Å². The predicted octanol–water partition coefficient (Wildman–Crippen LogP) is 3.90. The third kappa shape index (κ3) is 3.25. The minimum absolute atomic E-state index is 0.121. The first-order chi connectivity index (χ1) is 12.9. The number of aryl methyl sites for hydroxylation is 2. The van der Waals surface area contributed by atoms with Crippen molar-refractivity contribution in [1.29, 1.82) is 0 Å². The van der Waals surface area contributed by atoms with Gasteiger partial charge in [0.15, 0.2) is 9.84 Å². The fraction of sp³-hybridized carbons (Fsp3) is 0.286. The zero-order valence-electron chi connectivity index (χ0n) is 15.4. The van der Waals surface area contributed by atoms with Crippen LogP contribution < -0.4 is 0 Å². The van der Waals surface area contributed by atoms with Crippen molar-refractivity contribution >= 4 is 9.84 Å². The van der Waals surface area contributed by atoms with Crippen LogP contribution in [0.1, 0.15) is 23.6 Å². The molecule has 2 aromatic carbocycles. The van der Waals surface area contributed by atoms with Crippen molar-refractivity contribution in [2.75, 3.05) is 11.5 Å². The molecule has 4 rings (SSSR count). The molecule has 1 N–H and O–H groups in total. The highest BCUT2D eigenvalue weighted by Crippen LogP contribution is 2.38. The van der Waals surface area contributed by atoms with Gasteiger partial charge in [-0.05, 0) is 43.5 Å². The van der Waals surface area contributed by atoms with E-state index in [9.17, 15) is 13.5 Å². The van der Waals surface area contributed by atoms with Gasteiger partial charge in [0.2, 0.25) is 0 Å². The number of imidazole rings is 1. The summed E-state index contributed by atoms with van der Waals surface area (Å²) in [5, 5.41) is 10.2. The van der Waals surface area contributed by atoms with Gasteiger partial charge < -0.3 is 9.67 Å². The molecule has 0 saturated carbocycles. The lowest BCUT2D eigenvalue weighted by molar-refractivity contribution is 0.467. The number of phenolic OH excluding ortho intramolecular Hbond substituents is 1. The van der Waals surface area contributed by atoms with Gasteiger partial charge in [0.25, 0.3) is 0 Å². The van der Waals surface area contributed by atoms with Crippen molar-refractivity contribution in [3.05, 3.63) is 59.9 Å². The van der Waals surface area contributed by atoms with Crippen LogP contribution in [0.15, 0.2) is 48.8 Å². The number of sulfone groups is 1. The average molecular weight is 382 g/mol. The molecule has 1 atom stereocenters. The number of hydrogen-bond donors (Lipinski definition) is 1. The summed E-state index contributed by atoms with van der Waals surface area (Å²) in [7, 11) is -3.01. The van der Waals surface area contributed by atoms with Gasteiger partial charge in [-0.3, -0.25) is 0 Å². The molecule has 2 heterocycles. The minimum Gasteiger partial charge on any atom is -0.507 e. The Labute approximate surface area is 159 Å². The van der Waals surface area contributed by atoms with Crippen molar-refractivity contribution in [2.24, 2.45) is 0 Å². The molecule has 1 aliphatic rings. The predicted molar refractivity (Wildman–Crippen MR) is 107 cm³/mol. The number of phenols is 1. The summed E-state index contributed by atoms with van der Waals surface area (Å²) in [6.07, 6.45) is 2.34. The van der Waals surface area contributed by atoms with E-state index in [4.69, 9.17) is 0 Å². The average Bonchev–Trinajstić information content (AvgIpc) is 3.23. The number of nitrogens with zero attached hydrogens (tertiary/aromatic N) is 2. The van der Waals surface area contributed by atoms with Gasteiger partial charge in [-0.15, -0.1) is 0 Å². The summed E-state index contributed by atoms with van der Waals surface area (Å²) >= 11 is 0. The first-order valence-electron chi connectivity index (χ1n) is 8.99. The van der Waals surface area contributed by atoms with Gasteiger partial charge >= 0.3 is 0 Å². The van der Waals surface area contributed by atoms with E-state index < -0.39 is 9.84 Å². The van der Waals surface area contributed by atoms with Crippen LogP contribution in [0, 0.1) is 13.8 Å². The molecule has 0 bridgehead atoms. The second-order valence-electron chi connectivity index (χ2n) is 7.23. The number of aromatic hydroxyl groups is 1. The lowest BCUT2D eigenvalue weighted by atomic mass is 9.99. The maximum Gasteiger partial charge on any atom is 0.152 e. The molecule has 0 radical (unpaired) electrons. The van der Waals surface area contributed by atoms with Gasteiger partial charge in [0.05, 0.1) is 35.3 Å². The van der Waals surface area contributed by atoms with E-state index in [0.29, 0.717) is 6.42 Å². The number of benzene rings is 2. The molecule has 1 fully saturated rings. The molecule has 0 aliphatic carbocycles. The van der Waals surface area contributed by atoms with Gasteiger partial charge in [0, 0.05) is 11.1 Å². The van der Waals surface area contributed by atoms with Crippen LogP contribution in [0.3, 0.4) is 0 Å². The highest BCUT2D eigenvalue weighted by Gasteiger charge is 2.31. The molecular formula is C21H22N2O3S. The van der Waals surface area contributed by atoms with E-state index in [2.05, 4.69) is 4.98 Å². The third-order valence-corrected chi connectivity index (χ3v) is 6.96. The molecule has 27 heavy (non-hydrogen) atoms. The summed E-state index contributed by atoms with van der Waals surface area (Å²) in [6, 6.07) is 13.6. The summed E-state index contributed by atoms with van der Waals surface area (Å²) in [5.74, 6) is 0.638. The zero-order chi connectivity index (χ0) is 19.2. The SMILES string of the molecule is Cc1cc(-c2c(-c3ccccc3)ncn2[C@H]2CCS(=O)(=O)C2)cc(C)c1O. The van der Waals surface area contributed by atoms with Crippen LogP contribution in [-0.2, 0) is 9.84 Å². The zero-order valence-corrected chi connectivity index (χ0v) is 16.2. The lowest BCUT2D eigenvalue weighted by Crippen LogP contribution is -2.11. The first kappa shape index (κ1) is 17.8. The van der Waals surface area contributed by atoms with Crippen molar-refractivity contribution in [1.82, 2.24) is 9.55 Å².